The lowest BCUT2D eigenvalue weighted by atomic mass is 10.2. The Morgan fingerprint density at radius 3 is 2.77 bits per heavy atom. The van der Waals surface area contributed by atoms with Gasteiger partial charge in [0.2, 0.25) is 5.91 Å². The first kappa shape index (κ1) is 18.1. The average Bonchev–Trinajstić information content (AvgIpc) is 2.59. The van der Waals surface area contributed by atoms with Gasteiger partial charge in [0.15, 0.2) is 5.16 Å². The molecule has 0 radical (unpaired) electrons. The van der Waals surface area contributed by atoms with Crippen molar-refractivity contribution in [1.82, 2.24) is 19.9 Å². The maximum Gasteiger partial charge on any atom is 0.267 e. The zero-order chi connectivity index (χ0) is 18.7. The molecule has 0 aliphatic rings. The molecule has 0 saturated carbocycles. The summed E-state index contributed by atoms with van der Waals surface area (Å²) in [6.45, 7) is 5.75. The highest BCUT2D eigenvalue weighted by Gasteiger charge is 2.15. The van der Waals surface area contributed by atoms with E-state index in [0.29, 0.717) is 21.9 Å². The number of hydrogen-bond acceptors (Lipinski definition) is 5. The molecule has 0 spiro atoms. The molecule has 134 valence electrons. The molecule has 3 rings (SSSR count). The van der Waals surface area contributed by atoms with Gasteiger partial charge in [0.05, 0.1) is 16.7 Å². The summed E-state index contributed by atoms with van der Waals surface area (Å²) in [5.74, 6) is 0.575. The zero-order valence-electron chi connectivity index (χ0n) is 14.9. The van der Waals surface area contributed by atoms with Crippen LogP contribution in [0.5, 0.6) is 0 Å². The fraction of sp³-hybridized carbons (Fsp3) is 0.263. The van der Waals surface area contributed by atoms with Crippen LogP contribution >= 0.6 is 11.8 Å². The Bertz CT molecular complexity index is 1010. The maximum absolute atomic E-state index is 13.1. The quantitative estimate of drug-likeness (QED) is 0.553. The van der Waals surface area contributed by atoms with Crippen molar-refractivity contribution in [2.45, 2.75) is 32.0 Å². The lowest BCUT2D eigenvalue weighted by Crippen LogP contribution is -2.32. The average molecular weight is 368 g/mol. The second kappa shape index (κ2) is 7.70. The van der Waals surface area contributed by atoms with E-state index in [2.05, 4.69) is 15.3 Å². The lowest BCUT2D eigenvalue weighted by Gasteiger charge is -2.13. The molecule has 0 aliphatic carbocycles. The fourth-order valence-electron chi connectivity index (χ4n) is 2.55. The van der Waals surface area contributed by atoms with Crippen LogP contribution in [0.3, 0.4) is 0 Å². The van der Waals surface area contributed by atoms with Crippen LogP contribution in [0.2, 0.25) is 0 Å². The summed E-state index contributed by atoms with van der Waals surface area (Å²) in [6.07, 6.45) is 1.66. The number of pyridine rings is 1. The molecule has 0 bridgehead atoms. The van der Waals surface area contributed by atoms with Crippen molar-refractivity contribution in [1.29, 1.82) is 0 Å². The summed E-state index contributed by atoms with van der Waals surface area (Å²) in [4.78, 5) is 34.0. The molecule has 1 aromatic carbocycles. The van der Waals surface area contributed by atoms with Crippen molar-refractivity contribution < 1.29 is 4.79 Å². The van der Waals surface area contributed by atoms with E-state index in [1.807, 2.05) is 45.0 Å². The molecule has 2 aromatic heterocycles. The molecule has 1 amide bonds. The standard InChI is InChI=1S/C19H20N4O2S/c1-12(2)21-17(24)11-26-19-22-15-7-5-4-6-14(15)18(25)23(19)16-10-13(3)8-9-20-16/h4-10,12H,11H2,1-3H3,(H,21,24). The zero-order valence-corrected chi connectivity index (χ0v) is 15.7. The Hall–Kier alpha value is -2.67. The first-order valence-electron chi connectivity index (χ1n) is 8.32. The van der Waals surface area contributed by atoms with Gasteiger partial charge in [-0.1, -0.05) is 23.9 Å². The van der Waals surface area contributed by atoms with Gasteiger partial charge in [-0.2, -0.15) is 0 Å². The lowest BCUT2D eigenvalue weighted by molar-refractivity contribution is -0.119. The summed E-state index contributed by atoms with van der Waals surface area (Å²) >= 11 is 1.23. The van der Waals surface area contributed by atoms with Crippen LogP contribution in [-0.4, -0.2) is 32.2 Å². The molecule has 1 N–H and O–H groups in total. The van der Waals surface area contributed by atoms with Gasteiger partial charge in [-0.15, -0.1) is 0 Å². The number of rotatable bonds is 5. The minimum atomic E-state index is -0.194. The summed E-state index contributed by atoms with van der Waals surface area (Å²) in [6, 6.07) is 10.9. The normalized spacial score (nSPS) is 11.1. The van der Waals surface area contributed by atoms with Crippen molar-refractivity contribution >= 4 is 28.6 Å². The van der Waals surface area contributed by atoms with Crippen molar-refractivity contribution in [3.8, 4) is 5.82 Å². The van der Waals surface area contributed by atoms with Gasteiger partial charge in [0.1, 0.15) is 5.82 Å². The molecule has 6 nitrogen and oxygen atoms in total. The Kier molecular flexibility index (Phi) is 5.37. The fourth-order valence-corrected chi connectivity index (χ4v) is 3.36. The number of thioether (sulfide) groups is 1. The number of benzene rings is 1. The smallest absolute Gasteiger partial charge is 0.267 e. The molecule has 0 fully saturated rings. The van der Waals surface area contributed by atoms with Crippen molar-refractivity contribution in [2.75, 3.05) is 5.75 Å². The highest BCUT2D eigenvalue weighted by atomic mass is 32.2. The largest absolute Gasteiger partial charge is 0.353 e. The van der Waals surface area contributed by atoms with Crippen LogP contribution in [0.4, 0.5) is 0 Å². The number of amides is 1. The third kappa shape index (κ3) is 3.94. The number of fused-ring (bicyclic) bond motifs is 1. The van der Waals surface area contributed by atoms with E-state index in [0.717, 1.165) is 5.56 Å². The number of nitrogens with one attached hydrogen (secondary N) is 1. The Balaban J connectivity index is 2.09. The first-order chi connectivity index (χ1) is 12.5. The summed E-state index contributed by atoms with van der Waals surface area (Å²) in [5.41, 5.74) is 1.40. The molecular formula is C19H20N4O2S. The van der Waals surface area contributed by atoms with Gasteiger partial charge in [0, 0.05) is 12.2 Å². The second-order valence-corrected chi connectivity index (χ2v) is 7.20. The molecule has 2 heterocycles. The molecule has 26 heavy (non-hydrogen) atoms. The van der Waals surface area contributed by atoms with E-state index in [4.69, 9.17) is 0 Å². The highest BCUT2D eigenvalue weighted by Crippen LogP contribution is 2.20. The Labute approximate surface area is 155 Å². The maximum atomic E-state index is 13.1. The number of carbonyl (C=O) groups is 1. The number of para-hydroxylation sites is 1. The van der Waals surface area contributed by atoms with Gasteiger partial charge in [0.25, 0.3) is 5.56 Å². The highest BCUT2D eigenvalue weighted by molar-refractivity contribution is 7.99. The number of carbonyl (C=O) groups excluding carboxylic acids is 1. The van der Waals surface area contributed by atoms with Gasteiger partial charge < -0.3 is 5.32 Å². The van der Waals surface area contributed by atoms with Gasteiger partial charge in [-0.25, -0.2) is 14.5 Å². The van der Waals surface area contributed by atoms with E-state index >= 15 is 0 Å². The topological polar surface area (TPSA) is 76.9 Å². The van der Waals surface area contributed by atoms with E-state index < -0.39 is 0 Å². The van der Waals surface area contributed by atoms with E-state index in [1.165, 1.54) is 16.3 Å². The third-order valence-corrected chi connectivity index (χ3v) is 4.60. The Morgan fingerprint density at radius 1 is 1.27 bits per heavy atom. The number of hydrogen-bond donors (Lipinski definition) is 1. The molecular weight excluding hydrogens is 348 g/mol. The van der Waals surface area contributed by atoms with Crippen molar-refractivity contribution in [3.63, 3.8) is 0 Å². The summed E-state index contributed by atoms with van der Waals surface area (Å²) in [5, 5.41) is 3.81. The molecule has 7 heteroatoms. The molecule has 3 aromatic rings. The molecule has 0 aliphatic heterocycles. The number of nitrogens with zero attached hydrogens (tertiary/aromatic N) is 3. The van der Waals surface area contributed by atoms with E-state index in [-0.39, 0.29) is 23.3 Å². The van der Waals surface area contributed by atoms with E-state index in [9.17, 15) is 9.59 Å². The molecule has 0 saturated heterocycles. The number of aromatic nitrogens is 3. The predicted octanol–water partition coefficient (Wildman–Crippen LogP) is 2.71. The summed E-state index contributed by atoms with van der Waals surface area (Å²) in [7, 11) is 0. The van der Waals surface area contributed by atoms with Crippen LogP contribution in [-0.2, 0) is 4.79 Å². The Morgan fingerprint density at radius 2 is 2.04 bits per heavy atom. The van der Waals surface area contributed by atoms with Gasteiger partial charge in [-0.3, -0.25) is 9.59 Å². The molecule has 0 atom stereocenters. The van der Waals surface area contributed by atoms with E-state index in [1.54, 1.807) is 18.3 Å². The van der Waals surface area contributed by atoms with Crippen LogP contribution in [0, 0.1) is 6.92 Å². The van der Waals surface area contributed by atoms with Crippen molar-refractivity contribution in [3.05, 3.63) is 58.5 Å². The minimum Gasteiger partial charge on any atom is -0.353 e. The van der Waals surface area contributed by atoms with Crippen LogP contribution in [0.15, 0.2) is 52.5 Å². The van der Waals surface area contributed by atoms with Crippen LogP contribution in [0.1, 0.15) is 19.4 Å². The monoisotopic (exact) mass is 368 g/mol. The molecule has 0 unspecified atom stereocenters. The summed E-state index contributed by atoms with van der Waals surface area (Å²) < 4.78 is 1.47. The number of aryl methyl sites for hydroxylation is 1. The third-order valence-electron chi connectivity index (χ3n) is 3.66. The van der Waals surface area contributed by atoms with Crippen LogP contribution in [0.25, 0.3) is 16.7 Å². The van der Waals surface area contributed by atoms with Gasteiger partial charge >= 0.3 is 0 Å². The minimum absolute atomic E-state index is 0.0632. The predicted molar refractivity (Wildman–Crippen MR) is 104 cm³/mol. The SMILES string of the molecule is Cc1ccnc(-n2c(SCC(=O)NC(C)C)nc3ccccc3c2=O)c1. The first-order valence-corrected chi connectivity index (χ1v) is 9.31. The second-order valence-electron chi connectivity index (χ2n) is 6.25. The van der Waals surface area contributed by atoms with Crippen LogP contribution < -0.4 is 10.9 Å². The van der Waals surface area contributed by atoms with Gasteiger partial charge in [-0.05, 0) is 50.6 Å². The van der Waals surface area contributed by atoms with Crippen molar-refractivity contribution in [2.24, 2.45) is 0 Å².